The highest BCUT2D eigenvalue weighted by atomic mass is 15.4. The van der Waals surface area contributed by atoms with Gasteiger partial charge >= 0.3 is 0 Å². The number of nitrogens with one attached hydrogen (secondary N) is 1. The maximum absolute atomic E-state index is 4.18. The minimum atomic E-state index is 0.759. The lowest BCUT2D eigenvalue weighted by Crippen LogP contribution is -2.15. The molecule has 5 nitrogen and oxygen atoms in total. The zero-order chi connectivity index (χ0) is 14.7. The lowest BCUT2D eigenvalue weighted by Gasteiger charge is -2.01. The second kappa shape index (κ2) is 6.10. The van der Waals surface area contributed by atoms with Crippen molar-refractivity contribution in [1.82, 2.24) is 24.9 Å². The van der Waals surface area contributed by atoms with Crippen molar-refractivity contribution >= 4 is 10.9 Å². The van der Waals surface area contributed by atoms with Crippen molar-refractivity contribution in [3.63, 3.8) is 0 Å². The van der Waals surface area contributed by atoms with Gasteiger partial charge in [-0.2, -0.15) is 0 Å². The fraction of sp³-hybridized carbons (Fsp3) is 0.375. The second-order valence-corrected chi connectivity index (χ2v) is 5.29. The molecule has 21 heavy (non-hydrogen) atoms. The highest BCUT2D eigenvalue weighted by Gasteiger charge is 2.09. The number of para-hydroxylation sites is 1. The predicted octanol–water partition coefficient (Wildman–Crippen LogP) is 1.97. The number of rotatable bonds is 6. The van der Waals surface area contributed by atoms with Crippen LogP contribution in [0.5, 0.6) is 0 Å². The zero-order valence-corrected chi connectivity index (χ0v) is 12.6. The van der Waals surface area contributed by atoms with E-state index in [4.69, 9.17) is 0 Å². The third-order valence-corrected chi connectivity index (χ3v) is 3.67. The molecule has 2 aromatic heterocycles. The Hall–Kier alpha value is -2.14. The van der Waals surface area contributed by atoms with Crippen LogP contribution in [0.25, 0.3) is 10.9 Å². The zero-order valence-electron chi connectivity index (χ0n) is 12.6. The summed E-state index contributed by atoms with van der Waals surface area (Å²) < 4.78 is 4.01. The highest BCUT2D eigenvalue weighted by Crippen LogP contribution is 2.22. The van der Waals surface area contributed by atoms with E-state index in [0.29, 0.717) is 0 Å². The van der Waals surface area contributed by atoms with Crippen molar-refractivity contribution in [1.29, 1.82) is 0 Å². The number of hydrogen-bond donors (Lipinski definition) is 1. The Bertz CT molecular complexity index is 725. The molecule has 0 aliphatic carbocycles. The van der Waals surface area contributed by atoms with Gasteiger partial charge in [-0.05, 0) is 31.1 Å². The lowest BCUT2D eigenvalue weighted by molar-refractivity contribution is 0.709. The van der Waals surface area contributed by atoms with E-state index in [0.717, 1.165) is 31.7 Å². The van der Waals surface area contributed by atoms with E-state index in [9.17, 15) is 0 Å². The summed E-state index contributed by atoms with van der Waals surface area (Å²) in [6.07, 6.45) is 5.26. The van der Waals surface area contributed by atoms with Crippen LogP contribution in [0, 0.1) is 0 Å². The molecule has 0 aliphatic rings. The molecule has 0 bridgehead atoms. The topological polar surface area (TPSA) is 47.7 Å². The minimum absolute atomic E-state index is 0.759. The number of hydrogen-bond acceptors (Lipinski definition) is 3. The van der Waals surface area contributed by atoms with Crippen molar-refractivity contribution in [2.45, 2.75) is 19.9 Å². The van der Waals surface area contributed by atoms with Gasteiger partial charge in [0.25, 0.3) is 0 Å². The maximum atomic E-state index is 4.18. The summed E-state index contributed by atoms with van der Waals surface area (Å²) in [6, 6.07) is 8.56. The van der Waals surface area contributed by atoms with Crippen molar-refractivity contribution in [2.24, 2.45) is 7.05 Å². The SMILES string of the molecule is CCNCCc1cn(Cc2cn(C)nn2)c2ccccc12. The van der Waals surface area contributed by atoms with Crippen LogP contribution in [-0.4, -0.2) is 32.7 Å². The van der Waals surface area contributed by atoms with Crippen molar-refractivity contribution in [2.75, 3.05) is 13.1 Å². The molecule has 5 heteroatoms. The Balaban J connectivity index is 1.90. The summed E-state index contributed by atoms with van der Waals surface area (Å²) in [5.41, 5.74) is 3.63. The lowest BCUT2D eigenvalue weighted by atomic mass is 10.1. The average molecular weight is 283 g/mol. The Labute approximate surface area is 124 Å². The van der Waals surface area contributed by atoms with Gasteiger partial charge < -0.3 is 9.88 Å². The summed E-state index contributed by atoms with van der Waals surface area (Å²) in [5, 5.41) is 12.9. The largest absolute Gasteiger partial charge is 0.341 e. The smallest absolute Gasteiger partial charge is 0.102 e. The van der Waals surface area contributed by atoms with Crippen LogP contribution in [0.3, 0.4) is 0 Å². The molecule has 2 heterocycles. The maximum Gasteiger partial charge on any atom is 0.102 e. The molecule has 0 spiro atoms. The second-order valence-electron chi connectivity index (χ2n) is 5.29. The molecular weight excluding hydrogens is 262 g/mol. The molecule has 3 aromatic rings. The average Bonchev–Trinajstić information content (AvgIpc) is 3.05. The van der Waals surface area contributed by atoms with Crippen LogP contribution in [0.1, 0.15) is 18.2 Å². The highest BCUT2D eigenvalue weighted by molar-refractivity contribution is 5.84. The van der Waals surface area contributed by atoms with Gasteiger partial charge in [0, 0.05) is 30.3 Å². The van der Waals surface area contributed by atoms with Gasteiger partial charge in [0.1, 0.15) is 5.69 Å². The molecule has 0 radical (unpaired) electrons. The molecule has 0 atom stereocenters. The molecule has 1 N–H and O–H groups in total. The van der Waals surface area contributed by atoms with Gasteiger partial charge in [-0.3, -0.25) is 4.68 Å². The Morgan fingerprint density at radius 3 is 2.81 bits per heavy atom. The normalized spacial score (nSPS) is 11.3. The van der Waals surface area contributed by atoms with Crippen LogP contribution in [0.15, 0.2) is 36.7 Å². The third-order valence-electron chi connectivity index (χ3n) is 3.67. The Morgan fingerprint density at radius 2 is 2.05 bits per heavy atom. The van der Waals surface area contributed by atoms with E-state index < -0.39 is 0 Å². The molecule has 3 rings (SSSR count). The fourth-order valence-electron chi connectivity index (χ4n) is 2.69. The molecule has 0 saturated carbocycles. The number of benzene rings is 1. The molecule has 0 aliphatic heterocycles. The van der Waals surface area contributed by atoms with E-state index in [1.54, 1.807) is 4.68 Å². The third kappa shape index (κ3) is 2.97. The van der Waals surface area contributed by atoms with Crippen LogP contribution in [-0.2, 0) is 20.0 Å². The number of aryl methyl sites for hydroxylation is 1. The summed E-state index contributed by atoms with van der Waals surface area (Å²) >= 11 is 0. The van der Waals surface area contributed by atoms with Crippen molar-refractivity contribution in [3.8, 4) is 0 Å². The van der Waals surface area contributed by atoms with Crippen LogP contribution in [0.2, 0.25) is 0 Å². The number of nitrogens with zero attached hydrogens (tertiary/aromatic N) is 4. The number of likely N-dealkylation sites (N-methyl/N-ethyl adjacent to an activating group) is 1. The molecule has 0 fully saturated rings. The first kappa shape index (κ1) is 13.8. The van der Waals surface area contributed by atoms with E-state index in [1.165, 1.54) is 16.5 Å². The van der Waals surface area contributed by atoms with Crippen LogP contribution >= 0.6 is 0 Å². The molecule has 0 amide bonds. The van der Waals surface area contributed by atoms with E-state index in [1.807, 2.05) is 13.2 Å². The monoisotopic (exact) mass is 283 g/mol. The first-order chi connectivity index (χ1) is 10.3. The standard InChI is InChI=1S/C16H21N5/c1-3-17-9-8-13-10-21(12-14-11-20(2)19-18-14)16-7-5-4-6-15(13)16/h4-7,10-11,17H,3,8-9,12H2,1-2H3. The van der Waals surface area contributed by atoms with Gasteiger partial charge in [0.05, 0.1) is 6.54 Å². The first-order valence-corrected chi connectivity index (χ1v) is 7.40. The number of fused-ring (bicyclic) bond motifs is 1. The first-order valence-electron chi connectivity index (χ1n) is 7.40. The summed E-state index contributed by atoms with van der Waals surface area (Å²) in [4.78, 5) is 0. The fourth-order valence-corrected chi connectivity index (χ4v) is 2.69. The van der Waals surface area contributed by atoms with E-state index in [2.05, 4.69) is 57.6 Å². The van der Waals surface area contributed by atoms with Crippen LogP contribution in [0.4, 0.5) is 0 Å². The number of aromatic nitrogens is 4. The quantitative estimate of drug-likeness (QED) is 0.704. The predicted molar refractivity (Wildman–Crippen MR) is 84.3 cm³/mol. The molecule has 110 valence electrons. The summed E-state index contributed by atoms with van der Waals surface area (Å²) in [7, 11) is 1.89. The Kier molecular flexibility index (Phi) is 4.01. The minimum Gasteiger partial charge on any atom is -0.341 e. The van der Waals surface area contributed by atoms with Gasteiger partial charge in [0.2, 0.25) is 0 Å². The van der Waals surface area contributed by atoms with Crippen LogP contribution < -0.4 is 5.32 Å². The molecule has 0 saturated heterocycles. The van der Waals surface area contributed by atoms with Gasteiger partial charge in [-0.25, -0.2) is 0 Å². The Morgan fingerprint density at radius 1 is 1.19 bits per heavy atom. The van der Waals surface area contributed by atoms with E-state index >= 15 is 0 Å². The van der Waals surface area contributed by atoms with E-state index in [-0.39, 0.29) is 0 Å². The van der Waals surface area contributed by atoms with Crippen molar-refractivity contribution in [3.05, 3.63) is 47.9 Å². The van der Waals surface area contributed by atoms with Crippen molar-refractivity contribution < 1.29 is 0 Å². The molecular formula is C16H21N5. The summed E-state index contributed by atoms with van der Waals surface area (Å²) in [5.74, 6) is 0. The van der Waals surface area contributed by atoms with Gasteiger partial charge in [0.15, 0.2) is 0 Å². The van der Waals surface area contributed by atoms with Gasteiger partial charge in [-0.15, -0.1) is 5.10 Å². The van der Waals surface area contributed by atoms with Gasteiger partial charge in [-0.1, -0.05) is 30.3 Å². The summed E-state index contributed by atoms with van der Waals surface area (Å²) in [6.45, 7) is 4.92. The molecule has 0 unspecified atom stereocenters. The molecule has 1 aromatic carbocycles.